The van der Waals surface area contributed by atoms with Crippen molar-refractivity contribution in [2.24, 2.45) is 13.0 Å². The number of nitrogens with zero attached hydrogens (tertiary/aromatic N) is 4. The molecule has 0 spiro atoms. The monoisotopic (exact) mass is 400 g/mol. The Kier molecular flexibility index (Phi) is 4.83. The van der Waals surface area contributed by atoms with E-state index in [2.05, 4.69) is 25.7 Å². The van der Waals surface area contributed by atoms with Crippen LogP contribution in [-0.4, -0.2) is 32.8 Å². The van der Waals surface area contributed by atoms with E-state index in [1.165, 1.54) is 13.2 Å². The van der Waals surface area contributed by atoms with Crippen molar-refractivity contribution in [1.82, 2.24) is 19.7 Å². The number of pyridine rings is 1. The van der Waals surface area contributed by atoms with Gasteiger partial charge >= 0.3 is 0 Å². The van der Waals surface area contributed by atoms with Gasteiger partial charge in [-0.1, -0.05) is 6.07 Å². The predicted molar refractivity (Wildman–Crippen MR) is 102 cm³/mol. The van der Waals surface area contributed by atoms with Crippen molar-refractivity contribution in [3.63, 3.8) is 0 Å². The zero-order valence-corrected chi connectivity index (χ0v) is 15.7. The van der Waals surface area contributed by atoms with E-state index in [1.807, 2.05) is 0 Å². The van der Waals surface area contributed by atoms with Gasteiger partial charge in [0.1, 0.15) is 12.1 Å². The van der Waals surface area contributed by atoms with Crippen LogP contribution in [0.15, 0.2) is 30.6 Å². The molecule has 150 valence electrons. The molecule has 2 heterocycles. The Bertz CT molecular complexity index is 1080. The molecule has 4 rings (SSSR count). The van der Waals surface area contributed by atoms with E-state index < -0.39 is 11.8 Å². The van der Waals surface area contributed by atoms with Crippen LogP contribution < -0.4 is 15.4 Å². The van der Waals surface area contributed by atoms with Gasteiger partial charge < -0.3 is 15.4 Å². The molecule has 29 heavy (non-hydrogen) atoms. The van der Waals surface area contributed by atoms with Crippen LogP contribution >= 0.6 is 0 Å². The van der Waals surface area contributed by atoms with Gasteiger partial charge in [0, 0.05) is 19.0 Å². The first-order valence-electron chi connectivity index (χ1n) is 8.93. The van der Waals surface area contributed by atoms with Crippen molar-refractivity contribution in [2.45, 2.75) is 12.8 Å². The van der Waals surface area contributed by atoms with Crippen LogP contribution in [0.4, 0.5) is 26.0 Å². The number of methoxy groups -OCH3 is 1. The Morgan fingerprint density at radius 1 is 1.28 bits per heavy atom. The van der Waals surface area contributed by atoms with Crippen molar-refractivity contribution in [3.8, 4) is 17.1 Å². The Morgan fingerprint density at radius 2 is 2.07 bits per heavy atom. The van der Waals surface area contributed by atoms with Gasteiger partial charge in [-0.3, -0.25) is 9.48 Å². The normalized spacial score (nSPS) is 13.2. The summed E-state index contributed by atoms with van der Waals surface area (Å²) >= 11 is 0. The highest BCUT2D eigenvalue weighted by Gasteiger charge is 2.30. The minimum Gasteiger partial charge on any atom is -0.494 e. The summed E-state index contributed by atoms with van der Waals surface area (Å²) in [7, 11) is 3.19. The number of halogens is 2. The molecule has 1 fully saturated rings. The van der Waals surface area contributed by atoms with Crippen molar-refractivity contribution in [2.75, 3.05) is 17.7 Å². The van der Waals surface area contributed by atoms with Crippen molar-refractivity contribution >= 4 is 23.1 Å². The van der Waals surface area contributed by atoms with Gasteiger partial charge in [-0.15, -0.1) is 0 Å². The zero-order valence-electron chi connectivity index (χ0n) is 15.7. The average Bonchev–Trinajstić information content (AvgIpc) is 3.46. The van der Waals surface area contributed by atoms with Gasteiger partial charge in [-0.2, -0.15) is 18.9 Å². The molecular weight excluding hydrogens is 382 g/mol. The molecular formula is C19H18F2N6O2. The molecule has 0 atom stereocenters. The summed E-state index contributed by atoms with van der Waals surface area (Å²) in [5, 5.41) is 9.58. The number of carbonyl (C=O) groups is 1. The molecule has 2 aromatic heterocycles. The Labute approximate surface area is 164 Å². The van der Waals surface area contributed by atoms with Gasteiger partial charge in [-0.05, 0) is 25.0 Å². The van der Waals surface area contributed by atoms with Crippen molar-refractivity contribution in [1.29, 1.82) is 0 Å². The Balaban J connectivity index is 1.68. The number of benzene rings is 1. The van der Waals surface area contributed by atoms with Crippen LogP contribution in [0.1, 0.15) is 12.8 Å². The van der Waals surface area contributed by atoms with Crippen LogP contribution in [0.3, 0.4) is 0 Å². The highest BCUT2D eigenvalue weighted by atomic mass is 19.2. The standard InChI is InChI=1S/C19H18F2N6O2/c1-27-9-22-18(26-27)11-4-3-5-12(16(11)29-2)23-13-8-14(24-17(21)15(13)20)25-19(28)10-6-7-10/h3-5,8-10H,6-7H2,1-2H3,(H2,23,24,25,28). The minimum atomic E-state index is -1.32. The smallest absolute Gasteiger partial charge is 0.253 e. The molecule has 0 bridgehead atoms. The maximum Gasteiger partial charge on any atom is 0.253 e. The molecule has 0 aliphatic heterocycles. The first-order valence-corrected chi connectivity index (χ1v) is 8.93. The molecule has 1 aliphatic carbocycles. The van der Waals surface area contributed by atoms with E-state index in [9.17, 15) is 13.6 Å². The van der Waals surface area contributed by atoms with E-state index in [4.69, 9.17) is 4.74 Å². The number of amides is 1. The molecule has 3 aromatic rings. The number of para-hydroxylation sites is 1. The molecule has 1 amide bonds. The van der Waals surface area contributed by atoms with E-state index in [-0.39, 0.29) is 23.3 Å². The van der Waals surface area contributed by atoms with Crippen LogP contribution in [0.25, 0.3) is 11.4 Å². The molecule has 0 unspecified atom stereocenters. The molecule has 8 nitrogen and oxygen atoms in total. The quantitative estimate of drug-likeness (QED) is 0.617. The summed E-state index contributed by atoms with van der Waals surface area (Å²) in [5.74, 6) is -2.12. The molecule has 1 saturated carbocycles. The molecule has 0 radical (unpaired) electrons. The number of anilines is 3. The fourth-order valence-corrected chi connectivity index (χ4v) is 2.87. The minimum absolute atomic E-state index is 0.0650. The number of rotatable bonds is 6. The fraction of sp³-hybridized carbons (Fsp3) is 0.263. The second-order valence-electron chi connectivity index (χ2n) is 6.68. The van der Waals surface area contributed by atoms with E-state index in [1.54, 1.807) is 36.3 Å². The van der Waals surface area contributed by atoms with Crippen molar-refractivity contribution < 1.29 is 18.3 Å². The lowest BCUT2D eigenvalue weighted by Crippen LogP contribution is -2.15. The lowest BCUT2D eigenvalue weighted by molar-refractivity contribution is -0.117. The third kappa shape index (κ3) is 3.86. The number of carbonyl (C=O) groups excluding carboxylic acids is 1. The summed E-state index contributed by atoms with van der Waals surface area (Å²) in [4.78, 5) is 19.6. The van der Waals surface area contributed by atoms with Gasteiger partial charge in [0.2, 0.25) is 11.7 Å². The average molecular weight is 400 g/mol. The zero-order chi connectivity index (χ0) is 20.5. The second kappa shape index (κ2) is 7.46. The first-order chi connectivity index (χ1) is 14.0. The lowest BCUT2D eigenvalue weighted by Gasteiger charge is -2.15. The largest absolute Gasteiger partial charge is 0.494 e. The first kappa shape index (κ1) is 18.8. The summed E-state index contributed by atoms with van der Waals surface area (Å²) < 4.78 is 35.4. The lowest BCUT2D eigenvalue weighted by atomic mass is 10.1. The van der Waals surface area contributed by atoms with Crippen LogP contribution in [0.2, 0.25) is 0 Å². The van der Waals surface area contributed by atoms with Crippen LogP contribution in [0.5, 0.6) is 5.75 Å². The van der Waals surface area contributed by atoms with Gasteiger partial charge in [0.15, 0.2) is 11.6 Å². The number of hydrogen-bond acceptors (Lipinski definition) is 6. The fourth-order valence-electron chi connectivity index (χ4n) is 2.87. The van der Waals surface area contributed by atoms with Gasteiger partial charge in [0.25, 0.3) is 5.95 Å². The number of nitrogens with one attached hydrogen (secondary N) is 2. The highest BCUT2D eigenvalue weighted by Crippen LogP contribution is 2.37. The summed E-state index contributed by atoms with van der Waals surface area (Å²) in [6, 6.07) is 6.35. The molecule has 10 heteroatoms. The summed E-state index contributed by atoms with van der Waals surface area (Å²) in [6.45, 7) is 0. The number of hydrogen-bond donors (Lipinski definition) is 2. The Morgan fingerprint density at radius 3 is 2.72 bits per heavy atom. The summed E-state index contributed by atoms with van der Waals surface area (Å²) in [6.07, 6.45) is 3.11. The SMILES string of the molecule is COc1c(Nc2cc(NC(=O)C3CC3)nc(F)c2F)cccc1-c1ncn(C)n1. The second-order valence-corrected chi connectivity index (χ2v) is 6.68. The molecule has 1 aliphatic rings. The van der Waals surface area contributed by atoms with E-state index in [0.29, 0.717) is 22.8 Å². The highest BCUT2D eigenvalue weighted by molar-refractivity contribution is 5.93. The van der Waals surface area contributed by atoms with Gasteiger partial charge in [-0.25, -0.2) is 4.98 Å². The van der Waals surface area contributed by atoms with Crippen molar-refractivity contribution in [3.05, 3.63) is 42.4 Å². The maximum absolute atomic E-state index is 14.4. The van der Waals surface area contributed by atoms with Crippen LogP contribution in [-0.2, 0) is 11.8 Å². The number of aryl methyl sites for hydroxylation is 1. The number of ether oxygens (including phenoxy) is 1. The van der Waals surface area contributed by atoms with Crippen LogP contribution in [0, 0.1) is 17.7 Å². The third-order valence-corrected chi connectivity index (χ3v) is 4.45. The number of aromatic nitrogens is 4. The topological polar surface area (TPSA) is 94.0 Å². The third-order valence-electron chi connectivity index (χ3n) is 4.45. The van der Waals surface area contributed by atoms with E-state index >= 15 is 0 Å². The predicted octanol–water partition coefficient (Wildman–Crippen LogP) is 3.26. The van der Waals surface area contributed by atoms with E-state index in [0.717, 1.165) is 12.8 Å². The molecule has 2 N–H and O–H groups in total. The molecule has 0 saturated heterocycles. The summed E-state index contributed by atoms with van der Waals surface area (Å²) in [5.41, 5.74) is 0.768. The Hall–Kier alpha value is -3.56. The maximum atomic E-state index is 14.4. The molecule has 1 aromatic carbocycles. The van der Waals surface area contributed by atoms with Gasteiger partial charge in [0.05, 0.1) is 24.0 Å².